The summed E-state index contributed by atoms with van der Waals surface area (Å²) in [7, 11) is 0. The molecule has 0 radical (unpaired) electrons. The van der Waals surface area contributed by atoms with Gasteiger partial charge in [0.25, 0.3) is 0 Å². The molecule has 3 aliphatic rings. The molecule has 1 nitrogen and oxygen atoms in total. The van der Waals surface area contributed by atoms with Gasteiger partial charge < -0.3 is 4.74 Å². The average Bonchev–Trinajstić information content (AvgIpc) is 2.69. The van der Waals surface area contributed by atoms with Crippen molar-refractivity contribution < 1.29 is 4.74 Å². The number of epoxide rings is 1. The number of fused-ring (bicyclic) bond motifs is 2. The van der Waals surface area contributed by atoms with Gasteiger partial charge in [-0.15, -0.1) is 0 Å². The molecule has 2 bridgehead atoms. The molecular formula is C11H16O. The van der Waals surface area contributed by atoms with Crippen molar-refractivity contribution in [2.75, 3.05) is 6.61 Å². The summed E-state index contributed by atoms with van der Waals surface area (Å²) in [5, 5.41) is 0. The van der Waals surface area contributed by atoms with Gasteiger partial charge in [0.15, 0.2) is 0 Å². The number of allylic oxidation sites excluding steroid dienone is 2. The third kappa shape index (κ3) is 1.20. The van der Waals surface area contributed by atoms with Crippen LogP contribution in [0.3, 0.4) is 0 Å². The zero-order chi connectivity index (χ0) is 7.97. The predicted octanol–water partition coefficient (Wildman–Crippen LogP) is 2.52. The van der Waals surface area contributed by atoms with Crippen LogP contribution in [0.15, 0.2) is 11.6 Å². The van der Waals surface area contributed by atoms with Crippen molar-refractivity contribution in [3.63, 3.8) is 0 Å². The van der Waals surface area contributed by atoms with E-state index in [0.717, 1.165) is 18.4 Å². The molecule has 0 aromatic rings. The van der Waals surface area contributed by atoms with E-state index < -0.39 is 0 Å². The number of hydrogen-bond acceptors (Lipinski definition) is 1. The van der Waals surface area contributed by atoms with Crippen LogP contribution in [0.1, 0.15) is 32.1 Å². The van der Waals surface area contributed by atoms with Crippen LogP contribution in [0.4, 0.5) is 0 Å². The fourth-order valence-electron chi connectivity index (χ4n) is 2.79. The lowest BCUT2D eigenvalue weighted by Gasteiger charge is -2.11. The van der Waals surface area contributed by atoms with Gasteiger partial charge in [-0.2, -0.15) is 0 Å². The van der Waals surface area contributed by atoms with Crippen LogP contribution < -0.4 is 0 Å². The Bertz CT molecular complexity index is 215. The second-order valence-electron chi connectivity index (χ2n) is 4.51. The molecule has 0 aromatic carbocycles. The van der Waals surface area contributed by atoms with E-state index in [1.54, 1.807) is 5.57 Å². The second kappa shape index (κ2) is 2.59. The van der Waals surface area contributed by atoms with Crippen LogP contribution in [0.5, 0.6) is 0 Å². The molecule has 0 spiro atoms. The summed E-state index contributed by atoms with van der Waals surface area (Å²) in [6, 6.07) is 0. The quantitative estimate of drug-likeness (QED) is 0.461. The zero-order valence-electron chi connectivity index (χ0n) is 7.46. The highest BCUT2D eigenvalue weighted by molar-refractivity contribution is 5.19. The van der Waals surface area contributed by atoms with Crippen LogP contribution >= 0.6 is 0 Å². The molecule has 1 aliphatic heterocycles. The lowest BCUT2D eigenvalue weighted by atomic mass is 9.94. The fraction of sp³-hybridized carbons (Fsp3) is 0.818. The first-order chi connectivity index (χ1) is 5.92. The highest BCUT2D eigenvalue weighted by Gasteiger charge is 2.33. The van der Waals surface area contributed by atoms with Crippen molar-refractivity contribution in [1.82, 2.24) is 0 Å². The minimum Gasteiger partial charge on any atom is -0.373 e. The summed E-state index contributed by atoms with van der Waals surface area (Å²) in [5.41, 5.74) is 1.77. The molecule has 1 saturated carbocycles. The maximum Gasteiger partial charge on any atom is 0.0813 e. The molecule has 66 valence electrons. The predicted molar refractivity (Wildman–Crippen MR) is 47.9 cm³/mol. The first-order valence-corrected chi connectivity index (χ1v) is 5.24. The Labute approximate surface area is 73.8 Å². The molecule has 2 aliphatic carbocycles. The molecule has 0 amide bonds. The van der Waals surface area contributed by atoms with Gasteiger partial charge in [0, 0.05) is 0 Å². The molecule has 12 heavy (non-hydrogen) atoms. The van der Waals surface area contributed by atoms with Gasteiger partial charge in [-0.25, -0.2) is 0 Å². The van der Waals surface area contributed by atoms with Crippen molar-refractivity contribution in [3.05, 3.63) is 11.6 Å². The largest absolute Gasteiger partial charge is 0.373 e. The highest BCUT2D eigenvalue weighted by Crippen LogP contribution is 2.45. The van der Waals surface area contributed by atoms with Gasteiger partial charge in [-0.3, -0.25) is 0 Å². The SMILES string of the molecule is C1=C(CCC2CO2)C2CCC1C2. The highest BCUT2D eigenvalue weighted by atomic mass is 16.6. The van der Waals surface area contributed by atoms with Crippen LogP contribution in [0.25, 0.3) is 0 Å². The fourth-order valence-corrected chi connectivity index (χ4v) is 2.79. The van der Waals surface area contributed by atoms with Gasteiger partial charge in [0.2, 0.25) is 0 Å². The van der Waals surface area contributed by atoms with Gasteiger partial charge in [0.05, 0.1) is 12.7 Å². The normalized spacial score (nSPS) is 43.3. The van der Waals surface area contributed by atoms with Crippen molar-refractivity contribution in [1.29, 1.82) is 0 Å². The maximum atomic E-state index is 5.22. The first kappa shape index (κ1) is 7.14. The summed E-state index contributed by atoms with van der Waals surface area (Å²) < 4.78 is 5.22. The van der Waals surface area contributed by atoms with Crippen LogP contribution in [0, 0.1) is 11.8 Å². The lowest BCUT2D eigenvalue weighted by Crippen LogP contribution is -1.98. The Morgan fingerprint density at radius 3 is 2.92 bits per heavy atom. The number of hydrogen-bond donors (Lipinski definition) is 0. The molecule has 1 saturated heterocycles. The summed E-state index contributed by atoms with van der Waals surface area (Å²) in [5.74, 6) is 1.94. The Morgan fingerprint density at radius 1 is 1.42 bits per heavy atom. The zero-order valence-corrected chi connectivity index (χ0v) is 7.46. The first-order valence-electron chi connectivity index (χ1n) is 5.24. The number of rotatable bonds is 3. The number of ether oxygens (including phenoxy) is 1. The summed E-state index contributed by atoms with van der Waals surface area (Å²) in [4.78, 5) is 0. The van der Waals surface area contributed by atoms with Crippen LogP contribution in [-0.2, 0) is 4.74 Å². The Kier molecular flexibility index (Phi) is 1.54. The van der Waals surface area contributed by atoms with Gasteiger partial charge >= 0.3 is 0 Å². The van der Waals surface area contributed by atoms with E-state index in [1.165, 1.54) is 32.1 Å². The van der Waals surface area contributed by atoms with E-state index in [0.29, 0.717) is 6.10 Å². The molecule has 3 rings (SSSR count). The summed E-state index contributed by atoms with van der Waals surface area (Å²) in [6.45, 7) is 1.03. The lowest BCUT2D eigenvalue weighted by molar-refractivity contribution is 0.393. The smallest absolute Gasteiger partial charge is 0.0813 e. The van der Waals surface area contributed by atoms with Crippen LogP contribution in [-0.4, -0.2) is 12.7 Å². The van der Waals surface area contributed by atoms with Crippen molar-refractivity contribution in [2.24, 2.45) is 11.8 Å². The second-order valence-corrected chi connectivity index (χ2v) is 4.51. The van der Waals surface area contributed by atoms with E-state index in [2.05, 4.69) is 6.08 Å². The minimum absolute atomic E-state index is 0.630. The molecule has 0 N–H and O–H groups in total. The average molecular weight is 164 g/mol. The monoisotopic (exact) mass is 164 g/mol. The Morgan fingerprint density at radius 2 is 2.33 bits per heavy atom. The molecule has 2 fully saturated rings. The van der Waals surface area contributed by atoms with Gasteiger partial charge in [-0.1, -0.05) is 11.6 Å². The summed E-state index contributed by atoms with van der Waals surface area (Å²) >= 11 is 0. The van der Waals surface area contributed by atoms with Crippen molar-refractivity contribution in [3.8, 4) is 0 Å². The standard InChI is InChI=1S/C11H16O/c1-2-9-5-8(1)6-10(9)3-4-11-7-12-11/h6,8-9,11H,1-5,7H2. The molecule has 1 heterocycles. The molecule has 3 atom stereocenters. The van der Waals surface area contributed by atoms with E-state index in [4.69, 9.17) is 4.74 Å². The molecular weight excluding hydrogens is 148 g/mol. The maximum absolute atomic E-state index is 5.22. The van der Waals surface area contributed by atoms with Crippen molar-refractivity contribution >= 4 is 0 Å². The Hall–Kier alpha value is -0.300. The molecule has 3 unspecified atom stereocenters. The van der Waals surface area contributed by atoms with Gasteiger partial charge in [0.1, 0.15) is 0 Å². The molecule has 0 aromatic heterocycles. The Balaban J connectivity index is 1.58. The van der Waals surface area contributed by atoms with E-state index >= 15 is 0 Å². The van der Waals surface area contributed by atoms with Crippen molar-refractivity contribution in [2.45, 2.75) is 38.2 Å². The third-order valence-corrected chi connectivity index (χ3v) is 3.60. The van der Waals surface area contributed by atoms with E-state index in [1.807, 2.05) is 0 Å². The summed E-state index contributed by atoms with van der Waals surface area (Å²) in [6.07, 6.45) is 10.2. The van der Waals surface area contributed by atoms with Gasteiger partial charge in [-0.05, 0) is 43.9 Å². The third-order valence-electron chi connectivity index (χ3n) is 3.60. The minimum atomic E-state index is 0.630. The molecule has 1 heteroatoms. The van der Waals surface area contributed by atoms with E-state index in [-0.39, 0.29) is 0 Å². The topological polar surface area (TPSA) is 12.5 Å². The van der Waals surface area contributed by atoms with Crippen LogP contribution in [0.2, 0.25) is 0 Å². The van der Waals surface area contributed by atoms with E-state index in [9.17, 15) is 0 Å².